The van der Waals surface area contributed by atoms with Crippen molar-refractivity contribution in [2.24, 2.45) is 11.8 Å². The first-order valence-electron chi connectivity index (χ1n) is 5.26. The third kappa shape index (κ3) is 4.76. The van der Waals surface area contributed by atoms with E-state index in [1.807, 2.05) is 0 Å². The molecule has 0 aromatic heterocycles. The van der Waals surface area contributed by atoms with Gasteiger partial charge in [-0.25, -0.2) is 0 Å². The first kappa shape index (κ1) is 12.0. The lowest BCUT2D eigenvalue weighted by Gasteiger charge is -2.25. The van der Waals surface area contributed by atoms with Crippen molar-refractivity contribution >= 4 is 0 Å². The van der Waals surface area contributed by atoms with Crippen LogP contribution in [0.3, 0.4) is 0 Å². The normalized spacial score (nSPS) is 16.5. The summed E-state index contributed by atoms with van der Waals surface area (Å²) in [6.07, 6.45) is 4.02. The monoisotopic (exact) mass is 171 g/mol. The quantitative estimate of drug-likeness (QED) is 0.594. The van der Waals surface area contributed by atoms with Gasteiger partial charge in [0.05, 0.1) is 0 Å². The molecule has 0 amide bonds. The predicted octanol–water partition coefficient (Wildman–Crippen LogP) is 3.01. The minimum absolute atomic E-state index is 0.882. The second kappa shape index (κ2) is 6.47. The fourth-order valence-electron chi connectivity index (χ4n) is 1.73. The molecule has 0 rings (SSSR count). The maximum absolute atomic E-state index is 2.38. The zero-order chi connectivity index (χ0) is 9.56. The van der Waals surface area contributed by atoms with Crippen molar-refractivity contribution in [1.29, 1.82) is 0 Å². The highest BCUT2D eigenvalue weighted by Gasteiger charge is 2.14. The molecule has 0 spiro atoms. The van der Waals surface area contributed by atoms with E-state index < -0.39 is 0 Å². The van der Waals surface area contributed by atoms with Crippen molar-refractivity contribution in [3.05, 3.63) is 0 Å². The Hall–Kier alpha value is -0.0400. The van der Waals surface area contributed by atoms with E-state index in [1.165, 1.54) is 25.8 Å². The Morgan fingerprint density at radius 2 is 1.75 bits per heavy atom. The standard InChI is InChI=1S/C11H25N/c1-6-8-11(9-12(4)5)10(3)7-2/h10-11H,6-9H2,1-5H3/t10-,11-/m1/s1. The summed E-state index contributed by atoms with van der Waals surface area (Å²) in [6, 6.07) is 0. The zero-order valence-corrected chi connectivity index (χ0v) is 9.43. The van der Waals surface area contributed by atoms with Crippen LogP contribution in [-0.4, -0.2) is 25.5 Å². The summed E-state index contributed by atoms with van der Waals surface area (Å²) in [4.78, 5) is 2.31. The molecule has 0 bridgehead atoms. The Balaban J connectivity index is 3.84. The SMILES string of the molecule is CCC[C@H](CN(C)C)[C@H](C)CC. The highest BCUT2D eigenvalue weighted by atomic mass is 15.1. The molecule has 0 saturated heterocycles. The van der Waals surface area contributed by atoms with E-state index in [4.69, 9.17) is 0 Å². The van der Waals surface area contributed by atoms with Crippen molar-refractivity contribution in [3.8, 4) is 0 Å². The van der Waals surface area contributed by atoms with Gasteiger partial charge in [0, 0.05) is 6.54 Å². The average Bonchev–Trinajstić information content (AvgIpc) is 2.01. The summed E-state index contributed by atoms with van der Waals surface area (Å²) >= 11 is 0. The van der Waals surface area contributed by atoms with Crippen LogP contribution in [0, 0.1) is 11.8 Å². The van der Waals surface area contributed by atoms with Gasteiger partial charge in [-0.3, -0.25) is 0 Å². The van der Waals surface area contributed by atoms with E-state index in [0.717, 1.165) is 11.8 Å². The lowest BCUT2D eigenvalue weighted by molar-refractivity contribution is 0.239. The topological polar surface area (TPSA) is 3.24 Å². The predicted molar refractivity (Wildman–Crippen MR) is 56.4 cm³/mol. The van der Waals surface area contributed by atoms with Gasteiger partial charge in [0.1, 0.15) is 0 Å². The second-order valence-corrected chi connectivity index (χ2v) is 4.20. The van der Waals surface area contributed by atoms with Crippen LogP contribution < -0.4 is 0 Å². The molecule has 0 aromatic rings. The van der Waals surface area contributed by atoms with E-state index in [-0.39, 0.29) is 0 Å². The van der Waals surface area contributed by atoms with E-state index in [1.54, 1.807) is 0 Å². The Kier molecular flexibility index (Phi) is 6.45. The van der Waals surface area contributed by atoms with Crippen molar-refractivity contribution < 1.29 is 0 Å². The summed E-state index contributed by atoms with van der Waals surface area (Å²) in [5, 5.41) is 0. The highest BCUT2D eigenvalue weighted by Crippen LogP contribution is 2.20. The number of rotatable bonds is 6. The van der Waals surface area contributed by atoms with Gasteiger partial charge in [-0.15, -0.1) is 0 Å². The third-order valence-electron chi connectivity index (χ3n) is 2.71. The molecule has 0 N–H and O–H groups in total. The maximum Gasteiger partial charge on any atom is 0.000610 e. The molecule has 0 aromatic carbocycles. The van der Waals surface area contributed by atoms with Gasteiger partial charge in [-0.2, -0.15) is 0 Å². The van der Waals surface area contributed by atoms with Crippen LogP contribution in [-0.2, 0) is 0 Å². The molecule has 1 nitrogen and oxygen atoms in total. The van der Waals surface area contributed by atoms with Crippen LogP contribution in [0.15, 0.2) is 0 Å². The molecule has 0 fully saturated rings. The molecule has 74 valence electrons. The third-order valence-corrected chi connectivity index (χ3v) is 2.71. The molecule has 0 aliphatic heterocycles. The largest absolute Gasteiger partial charge is 0.309 e. The Morgan fingerprint density at radius 3 is 2.08 bits per heavy atom. The van der Waals surface area contributed by atoms with Gasteiger partial charge in [0.2, 0.25) is 0 Å². The summed E-state index contributed by atoms with van der Waals surface area (Å²) in [5.74, 6) is 1.78. The van der Waals surface area contributed by atoms with Crippen LogP contribution in [0.4, 0.5) is 0 Å². The Bertz CT molecular complexity index is 99.2. The van der Waals surface area contributed by atoms with Crippen molar-refractivity contribution in [2.75, 3.05) is 20.6 Å². The Labute approximate surface area is 78.1 Å². The number of hydrogen-bond acceptors (Lipinski definition) is 1. The van der Waals surface area contributed by atoms with Gasteiger partial charge in [-0.05, 0) is 32.4 Å². The highest BCUT2D eigenvalue weighted by molar-refractivity contribution is 4.67. The second-order valence-electron chi connectivity index (χ2n) is 4.20. The molecule has 0 unspecified atom stereocenters. The molecule has 0 saturated carbocycles. The lowest BCUT2D eigenvalue weighted by atomic mass is 9.88. The van der Waals surface area contributed by atoms with E-state index in [0.29, 0.717) is 0 Å². The molecular formula is C11H25N. The van der Waals surface area contributed by atoms with Crippen molar-refractivity contribution in [3.63, 3.8) is 0 Å². The zero-order valence-electron chi connectivity index (χ0n) is 9.43. The lowest BCUT2D eigenvalue weighted by Crippen LogP contribution is -2.26. The summed E-state index contributed by atoms with van der Waals surface area (Å²) < 4.78 is 0. The van der Waals surface area contributed by atoms with Crippen LogP contribution >= 0.6 is 0 Å². The van der Waals surface area contributed by atoms with Crippen LogP contribution in [0.25, 0.3) is 0 Å². The Morgan fingerprint density at radius 1 is 1.17 bits per heavy atom. The maximum atomic E-state index is 2.38. The van der Waals surface area contributed by atoms with Gasteiger partial charge >= 0.3 is 0 Å². The van der Waals surface area contributed by atoms with Crippen LogP contribution in [0.1, 0.15) is 40.0 Å². The van der Waals surface area contributed by atoms with Gasteiger partial charge in [-0.1, -0.05) is 33.6 Å². The molecule has 0 aliphatic rings. The first-order chi connectivity index (χ1) is 5.61. The van der Waals surface area contributed by atoms with Crippen LogP contribution in [0.2, 0.25) is 0 Å². The van der Waals surface area contributed by atoms with Gasteiger partial charge in [0.15, 0.2) is 0 Å². The smallest absolute Gasteiger partial charge is 0.000610 e. The average molecular weight is 171 g/mol. The molecule has 0 radical (unpaired) electrons. The summed E-state index contributed by atoms with van der Waals surface area (Å²) in [5.41, 5.74) is 0. The fraction of sp³-hybridized carbons (Fsp3) is 1.00. The first-order valence-corrected chi connectivity index (χ1v) is 5.26. The summed E-state index contributed by atoms with van der Waals surface area (Å²) in [7, 11) is 4.34. The molecule has 12 heavy (non-hydrogen) atoms. The van der Waals surface area contributed by atoms with E-state index >= 15 is 0 Å². The van der Waals surface area contributed by atoms with Crippen LogP contribution in [0.5, 0.6) is 0 Å². The molecule has 0 heterocycles. The molecule has 2 atom stereocenters. The minimum atomic E-state index is 0.882. The van der Waals surface area contributed by atoms with E-state index in [2.05, 4.69) is 39.8 Å². The van der Waals surface area contributed by atoms with Crippen molar-refractivity contribution in [1.82, 2.24) is 4.90 Å². The molecule has 0 aliphatic carbocycles. The van der Waals surface area contributed by atoms with Gasteiger partial charge < -0.3 is 4.90 Å². The molecular weight excluding hydrogens is 146 g/mol. The molecule has 1 heteroatoms. The van der Waals surface area contributed by atoms with Gasteiger partial charge in [0.25, 0.3) is 0 Å². The van der Waals surface area contributed by atoms with Crippen molar-refractivity contribution in [2.45, 2.75) is 40.0 Å². The minimum Gasteiger partial charge on any atom is -0.309 e. The summed E-state index contributed by atoms with van der Waals surface area (Å²) in [6.45, 7) is 8.21. The van der Waals surface area contributed by atoms with E-state index in [9.17, 15) is 0 Å². The fourth-order valence-corrected chi connectivity index (χ4v) is 1.73. The number of nitrogens with zero attached hydrogens (tertiary/aromatic N) is 1. The number of hydrogen-bond donors (Lipinski definition) is 0.